The molecule has 8 heteroatoms. The highest BCUT2D eigenvalue weighted by molar-refractivity contribution is 6.03. The molecule has 8 nitrogen and oxygen atoms in total. The summed E-state index contributed by atoms with van der Waals surface area (Å²) in [5, 5.41) is 7.68. The minimum absolute atomic E-state index is 0.00485. The Hall–Kier alpha value is -3.42. The number of ether oxygens (including phenoxy) is 1. The summed E-state index contributed by atoms with van der Waals surface area (Å²) in [5.41, 5.74) is 0.885. The Bertz CT molecular complexity index is 932. The highest BCUT2D eigenvalue weighted by Gasteiger charge is 2.26. The van der Waals surface area contributed by atoms with Crippen molar-refractivity contribution in [2.45, 2.75) is 19.4 Å². The first kappa shape index (κ1) is 16.1. The van der Waals surface area contributed by atoms with Crippen LogP contribution >= 0.6 is 0 Å². The van der Waals surface area contributed by atoms with Crippen LogP contribution in [0.5, 0.6) is 0 Å². The minimum Gasteiger partial charge on any atom is -0.459 e. The number of nitrogens with zero attached hydrogens (tertiary/aromatic N) is 3. The Morgan fingerprint density at radius 2 is 2.08 bits per heavy atom. The lowest BCUT2D eigenvalue weighted by Crippen LogP contribution is -2.26. The highest BCUT2D eigenvalue weighted by atomic mass is 16.5. The van der Waals surface area contributed by atoms with Crippen molar-refractivity contribution in [3.8, 4) is 11.7 Å². The van der Waals surface area contributed by atoms with Gasteiger partial charge in [-0.15, -0.1) is 10.2 Å². The molecular formula is C18H15N3O5. The Labute approximate surface area is 148 Å². The lowest BCUT2D eigenvalue weighted by atomic mass is 10.1. The first-order valence-electron chi connectivity index (χ1n) is 8.15. The number of rotatable bonds is 5. The molecule has 0 bridgehead atoms. The SMILES string of the molecule is O=C(OCc1nnc(-c2ccco2)o1)c1ccccc1N1CCCC1=O. The van der Waals surface area contributed by atoms with Gasteiger partial charge in [0.1, 0.15) is 0 Å². The van der Waals surface area contributed by atoms with Crippen molar-refractivity contribution in [2.75, 3.05) is 11.4 Å². The van der Waals surface area contributed by atoms with Gasteiger partial charge in [0.2, 0.25) is 5.91 Å². The average Bonchev–Trinajstić information content (AvgIpc) is 3.41. The summed E-state index contributed by atoms with van der Waals surface area (Å²) in [6.45, 7) is 0.425. The van der Waals surface area contributed by atoms with Crippen molar-refractivity contribution < 1.29 is 23.2 Å². The molecule has 0 saturated carbocycles. The molecule has 1 aromatic carbocycles. The maximum Gasteiger partial charge on any atom is 0.340 e. The fraction of sp³-hybridized carbons (Fsp3) is 0.222. The van der Waals surface area contributed by atoms with Crippen LogP contribution in [0.15, 0.2) is 51.5 Å². The van der Waals surface area contributed by atoms with E-state index in [1.165, 1.54) is 6.26 Å². The van der Waals surface area contributed by atoms with Crippen molar-refractivity contribution >= 4 is 17.6 Å². The van der Waals surface area contributed by atoms with E-state index in [1.54, 1.807) is 41.3 Å². The minimum atomic E-state index is -0.557. The van der Waals surface area contributed by atoms with E-state index in [1.807, 2.05) is 0 Å². The van der Waals surface area contributed by atoms with Crippen LogP contribution in [0, 0.1) is 0 Å². The number of benzene rings is 1. The number of carbonyl (C=O) groups is 2. The summed E-state index contributed by atoms with van der Waals surface area (Å²) in [4.78, 5) is 26.1. The number of hydrogen-bond donors (Lipinski definition) is 0. The molecular weight excluding hydrogens is 338 g/mol. The van der Waals surface area contributed by atoms with Crippen molar-refractivity contribution in [1.82, 2.24) is 10.2 Å². The largest absolute Gasteiger partial charge is 0.459 e. The Kier molecular flexibility index (Phi) is 4.22. The molecule has 3 aromatic rings. The normalized spacial score (nSPS) is 14.0. The molecule has 2 aromatic heterocycles. The number of carbonyl (C=O) groups excluding carboxylic acids is 2. The van der Waals surface area contributed by atoms with Gasteiger partial charge in [-0.3, -0.25) is 4.79 Å². The zero-order valence-electron chi connectivity index (χ0n) is 13.8. The van der Waals surface area contributed by atoms with Crippen molar-refractivity contribution in [3.63, 3.8) is 0 Å². The molecule has 4 rings (SSSR count). The van der Waals surface area contributed by atoms with Gasteiger partial charge in [-0.05, 0) is 30.7 Å². The molecule has 1 saturated heterocycles. The van der Waals surface area contributed by atoms with Gasteiger partial charge in [0.15, 0.2) is 12.4 Å². The molecule has 132 valence electrons. The Morgan fingerprint density at radius 3 is 2.85 bits per heavy atom. The topological polar surface area (TPSA) is 98.7 Å². The summed E-state index contributed by atoms with van der Waals surface area (Å²) < 4.78 is 15.8. The maximum absolute atomic E-state index is 12.5. The molecule has 0 aliphatic carbocycles. The van der Waals surface area contributed by atoms with Gasteiger partial charge in [-0.2, -0.15) is 0 Å². The van der Waals surface area contributed by atoms with Gasteiger partial charge in [-0.25, -0.2) is 4.79 Å². The fourth-order valence-corrected chi connectivity index (χ4v) is 2.80. The lowest BCUT2D eigenvalue weighted by molar-refractivity contribution is -0.117. The van der Waals surface area contributed by atoms with Crippen LogP contribution in [0.4, 0.5) is 5.69 Å². The highest BCUT2D eigenvalue weighted by Crippen LogP contribution is 2.26. The third-order valence-electron chi connectivity index (χ3n) is 4.01. The van der Waals surface area contributed by atoms with E-state index in [-0.39, 0.29) is 24.3 Å². The number of anilines is 1. The number of hydrogen-bond acceptors (Lipinski definition) is 7. The monoisotopic (exact) mass is 353 g/mol. The molecule has 0 radical (unpaired) electrons. The van der Waals surface area contributed by atoms with Crippen LogP contribution in [0.3, 0.4) is 0 Å². The zero-order valence-corrected chi connectivity index (χ0v) is 13.8. The van der Waals surface area contributed by atoms with Crippen LogP contribution < -0.4 is 4.90 Å². The van der Waals surface area contributed by atoms with E-state index in [4.69, 9.17) is 13.6 Å². The molecule has 1 aliphatic heterocycles. The molecule has 1 fully saturated rings. The van der Waals surface area contributed by atoms with E-state index < -0.39 is 5.97 Å². The Morgan fingerprint density at radius 1 is 1.19 bits per heavy atom. The molecule has 1 amide bonds. The van der Waals surface area contributed by atoms with Gasteiger partial charge in [0.25, 0.3) is 11.8 Å². The predicted octanol–water partition coefficient (Wildman–Crippen LogP) is 2.81. The van der Waals surface area contributed by atoms with Crippen molar-refractivity contribution in [2.24, 2.45) is 0 Å². The van der Waals surface area contributed by atoms with Crippen LogP contribution in [0.2, 0.25) is 0 Å². The van der Waals surface area contributed by atoms with Gasteiger partial charge >= 0.3 is 5.97 Å². The smallest absolute Gasteiger partial charge is 0.340 e. The second kappa shape index (κ2) is 6.83. The number of furan rings is 1. The van der Waals surface area contributed by atoms with Gasteiger partial charge in [0.05, 0.1) is 17.5 Å². The van der Waals surface area contributed by atoms with Gasteiger partial charge in [-0.1, -0.05) is 12.1 Å². The van der Waals surface area contributed by atoms with Crippen molar-refractivity contribution in [1.29, 1.82) is 0 Å². The second-order valence-electron chi connectivity index (χ2n) is 5.72. The summed E-state index contributed by atoms with van der Waals surface area (Å²) in [7, 11) is 0. The molecule has 0 atom stereocenters. The standard InChI is InChI=1S/C18H15N3O5/c22-16-8-3-9-21(16)13-6-2-1-5-12(13)18(23)25-11-15-19-20-17(26-15)14-7-4-10-24-14/h1-2,4-7,10H,3,8-9,11H2. The molecule has 0 spiro atoms. The first-order valence-corrected chi connectivity index (χ1v) is 8.15. The quantitative estimate of drug-likeness (QED) is 0.650. The van der Waals surface area contributed by atoms with E-state index in [0.29, 0.717) is 30.0 Å². The summed E-state index contributed by atoms with van der Waals surface area (Å²) in [6.07, 6.45) is 2.76. The fourth-order valence-electron chi connectivity index (χ4n) is 2.80. The number of esters is 1. The number of para-hydroxylation sites is 1. The summed E-state index contributed by atoms with van der Waals surface area (Å²) in [5.74, 6) is 0.250. The van der Waals surface area contributed by atoms with Crippen LogP contribution in [0.1, 0.15) is 29.1 Å². The van der Waals surface area contributed by atoms with Crippen LogP contribution in [-0.4, -0.2) is 28.6 Å². The lowest BCUT2D eigenvalue weighted by Gasteiger charge is -2.18. The molecule has 1 aliphatic rings. The maximum atomic E-state index is 12.5. The number of amides is 1. The zero-order chi connectivity index (χ0) is 17.9. The van der Waals surface area contributed by atoms with E-state index >= 15 is 0 Å². The van der Waals surface area contributed by atoms with Crippen LogP contribution in [0.25, 0.3) is 11.7 Å². The molecule has 26 heavy (non-hydrogen) atoms. The first-order chi connectivity index (χ1) is 12.7. The summed E-state index contributed by atoms with van der Waals surface area (Å²) >= 11 is 0. The third-order valence-corrected chi connectivity index (χ3v) is 4.01. The van der Waals surface area contributed by atoms with Gasteiger partial charge < -0.3 is 18.5 Å². The molecule has 3 heterocycles. The van der Waals surface area contributed by atoms with Crippen molar-refractivity contribution in [3.05, 3.63) is 54.1 Å². The molecule has 0 unspecified atom stereocenters. The van der Waals surface area contributed by atoms with Crippen LogP contribution in [-0.2, 0) is 16.1 Å². The third kappa shape index (κ3) is 3.08. The molecule has 0 N–H and O–H groups in total. The average molecular weight is 353 g/mol. The second-order valence-corrected chi connectivity index (χ2v) is 5.72. The summed E-state index contributed by atoms with van der Waals surface area (Å²) in [6, 6.07) is 10.3. The van der Waals surface area contributed by atoms with E-state index in [9.17, 15) is 9.59 Å². The Balaban J connectivity index is 1.47. The number of aromatic nitrogens is 2. The van der Waals surface area contributed by atoms with E-state index in [2.05, 4.69) is 10.2 Å². The van der Waals surface area contributed by atoms with Gasteiger partial charge in [0, 0.05) is 13.0 Å². The van der Waals surface area contributed by atoms with E-state index in [0.717, 1.165) is 6.42 Å². The predicted molar refractivity (Wildman–Crippen MR) is 89.1 cm³/mol.